The highest BCUT2D eigenvalue weighted by Gasteiger charge is 2.42. The number of aliphatic hydroxyl groups excluding tert-OH is 2. The second-order valence-electron chi connectivity index (χ2n) is 7.90. The lowest BCUT2D eigenvalue weighted by molar-refractivity contribution is 0.213. The predicted molar refractivity (Wildman–Crippen MR) is 119 cm³/mol. The molecule has 4 aromatic carbocycles. The van der Waals surface area contributed by atoms with Gasteiger partial charge in [0.2, 0.25) is 0 Å². The van der Waals surface area contributed by atoms with Gasteiger partial charge in [-0.15, -0.1) is 0 Å². The minimum atomic E-state index is -0.345. The molecule has 0 aliphatic heterocycles. The minimum Gasteiger partial charge on any atom is -0.396 e. The van der Waals surface area contributed by atoms with E-state index in [1.807, 2.05) is 0 Å². The molecule has 0 atom stereocenters. The van der Waals surface area contributed by atoms with Gasteiger partial charge >= 0.3 is 0 Å². The predicted octanol–water partition coefficient (Wildman–Crippen LogP) is 5.54. The highest BCUT2D eigenvalue weighted by Crippen LogP contribution is 2.53. The third-order valence-electron chi connectivity index (χ3n) is 6.43. The molecule has 0 saturated heterocycles. The molecule has 1 aliphatic rings. The van der Waals surface area contributed by atoms with Gasteiger partial charge in [-0.25, -0.2) is 0 Å². The van der Waals surface area contributed by atoms with Crippen molar-refractivity contribution in [3.05, 3.63) is 96.1 Å². The summed E-state index contributed by atoms with van der Waals surface area (Å²) in [4.78, 5) is 0. The molecular formula is C27H24O2. The average molecular weight is 380 g/mol. The van der Waals surface area contributed by atoms with E-state index in [1.165, 1.54) is 44.2 Å². The van der Waals surface area contributed by atoms with Crippen molar-refractivity contribution in [1.29, 1.82) is 0 Å². The Balaban J connectivity index is 1.71. The summed E-state index contributed by atoms with van der Waals surface area (Å²) in [6, 6.07) is 30.1. The Morgan fingerprint density at radius 3 is 1.97 bits per heavy atom. The van der Waals surface area contributed by atoms with E-state index in [0.29, 0.717) is 12.8 Å². The van der Waals surface area contributed by atoms with Crippen LogP contribution in [0.1, 0.15) is 24.0 Å². The first-order valence-corrected chi connectivity index (χ1v) is 10.2. The zero-order valence-electron chi connectivity index (χ0n) is 16.3. The van der Waals surface area contributed by atoms with Gasteiger partial charge in [-0.1, -0.05) is 72.8 Å². The van der Waals surface area contributed by atoms with Crippen molar-refractivity contribution in [2.24, 2.45) is 0 Å². The van der Waals surface area contributed by atoms with E-state index in [0.717, 1.165) is 0 Å². The summed E-state index contributed by atoms with van der Waals surface area (Å²) in [7, 11) is 0. The topological polar surface area (TPSA) is 40.5 Å². The summed E-state index contributed by atoms with van der Waals surface area (Å²) in [5.41, 5.74) is 6.87. The van der Waals surface area contributed by atoms with E-state index in [-0.39, 0.29) is 18.6 Å². The third kappa shape index (κ3) is 2.79. The summed E-state index contributed by atoms with van der Waals surface area (Å²) in [5.74, 6) is 0. The quantitative estimate of drug-likeness (QED) is 0.477. The van der Waals surface area contributed by atoms with Gasteiger partial charge < -0.3 is 10.2 Å². The van der Waals surface area contributed by atoms with E-state index >= 15 is 0 Å². The van der Waals surface area contributed by atoms with Crippen molar-refractivity contribution in [3.63, 3.8) is 0 Å². The number of rotatable bonds is 5. The minimum absolute atomic E-state index is 0.0912. The van der Waals surface area contributed by atoms with Crippen LogP contribution in [0.15, 0.2) is 84.9 Å². The van der Waals surface area contributed by atoms with Crippen LogP contribution in [-0.4, -0.2) is 23.4 Å². The van der Waals surface area contributed by atoms with Crippen LogP contribution in [0, 0.1) is 0 Å². The first kappa shape index (κ1) is 18.1. The molecule has 2 nitrogen and oxygen atoms in total. The number of benzene rings is 4. The molecule has 0 fully saturated rings. The SMILES string of the molecule is OCCC1(CCO)c2ccccc2-c2ccc(-c3ccc4ccccc4c3)cc21. The third-order valence-corrected chi connectivity index (χ3v) is 6.43. The summed E-state index contributed by atoms with van der Waals surface area (Å²) in [6.07, 6.45) is 1.22. The van der Waals surface area contributed by atoms with Crippen LogP contribution >= 0.6 is 0 Å². The maximum atomic E-state index is 9.89. The molecule has 0 bridgehead atoms. The van der Waals surface area contributed by atoms with Crippen LogP contribution in [0.2, 0.25) is 0 Å². The molecule has 0 spiro atoms. The molecule has 0 saturated carbocycles. The zero-order valence-corrected chi connectivity index (χ0v) is 16.3. The van der Waals surface area contributed by atoms with Crippen LogP contribution < -0.4 is 0 Å². The largest absolute Gasteiger partial charge is 0.396 e. The Hall–Kier alpha value is -2.94. The monoisotopic (exact) mass is 380 g/mol. The standard InChI is InChI=1S/C27H24O2/c28-15-13-27(14-16-29)25-8-4-3-7-23(25)24-12-11-22(18-26(24)27)21-10-9-19-5-1-2-6-20(19)17-21/h1-12,17-18,28-29H,13-16H2. The molecule has 0 amide bonds. The zero-order chi connectivity index (χ0) is 19.8. The van der Waals surface area contributed by atoms with Gasteiger partial charge in [0.15, 0.2) is 0 Å². The second kappa shape index (κ2) is 7.14. The van der Waals surface area contributed by atoms with Gasteiger partial charge in [0.05, 0.1) is 0 Å². The van der Waals surface area contributed by atoms with Gasteiger partial charge in [0, 0.05) is 18.6 Å². The number of hydrogen-bond acceptors (Lipinski definition) is 2. The fourth-order valence-electron chi connectivity index (χ4n) is 5.05. The first-order valence-electron chi connectivity index (χ1n) is 10.2. The van der Waals surface area contributed by atoms with Crippen molar-refractivity contribution in [1.82, 2.24) is 0 Å². The molecule has 5 rings (SSSR count). The molecular weight excluding hydrogens is 356 g/mol. The van der Waals surface area contributed by atoms with Crippen LogP contribution in [0.4, 0.5) is 0 Å². The summed E-state index contributed by atoms with van der Waals surface area (Å²) >= 11 is 0. The summed E-state index contributed by atoms with van der Waals surface area (Å²) in [5, 5.41) is 22.2. The van der Waals surface area contributed by atoms with Crippen molar-refractivity contribution >= 4 is 10.8 Å². The number of hydrogen-bond donors (Lipinski definition) is 2. The van der Waals surface area contributed by atoms with Gasteiger partial charge in [0.1, 0.15) is 0 Å². The Morgan fingerprint density at radius 1 is 0.552 bits per heavy atom. The Morgan fingerprint density at radius 2 is 1.17 bits per heavy atom. The van der Waals surface area contributed by atoms with Crippen LogP contribution in [0.3, 0.4) is 0 Å². The second-order valence-corrected chi connectivity index (χ2v) is 7.90. The Labute approximate surface area is 171 Å². The lowest BCUT2D eigenvalue weighted by Crippen LogP contribution is -2.28. The Bertz CT molecular complexity index is 1190. The summed E-state index contributed by atoms with van der Waals surface area (Å²) in [6.45, 7) is 0.182. The molecule has 2 N–H and O–H groups in total. The molecule has 29 heavy (non-hydrogen) atoms. The molecule has 0 radical (unpaired) electrons. The average Bonchev–Trinajstić information content (AvgIpc) is 3.04. The lowest BCUT2D eigenvalue weighted by Gasteiger charge is -2.31. The summed E-state index contributed by atoms with van der Waals surface area (Å²) < 4.78 is 0. The van der Waals surface area contributed by atoms with Crippen LogP contribution in [0.25, 0.3) is 33.0 Å². The smallest absolute Gasteiger partial charge is 0.0442 e. The maximum absolute atomic E-state index is 9.89. The molecule has 144 valence electrons. The van der Waals surface area contributed by atoms with Crippen molar-refractivity contribution in [3.8, 4) is 22.3 Å². The maximum Gasteiger partial charge on any atom is 0.0442 e. The first-order chi connectivity index (χ1) is 14.3. The van der Waals surface area contributed by atoms with Gasteiger partial charge in [-0.05, 0) is 69.1 Å². The van der Waals surface area contributed by atoms with E-state index < -0.39 is 0 Å². The highest BCUT2D eigenvalue weighted by atomic mass is 16.3. The molecule has 0 unspecified atom stereocenters. The van der Waals surface area contributed by atoms with Gasteiger partial charge in [-0.3, -0.25) is 0 Å². The van der Waals surface area contributed by atoms with Crippen LogP contribution in [-0.2, 0) is 5.41 Å². The molecule has 0 heterocycles. The van der Waals surface area contributed by atoms with Gasteiger partial charge in [0.25, 0.3) is 0 Å². The van der Waals surface area contributed by atoms with Crippen LogP contribution in [0.5, 0.6) is 0 Å². The van der Waals surface area contributed by atoms with Gasteiger partial charge in [-0.2, -0.15) is 0 Å². The fourth-order valence-corrected chi connectivity index (χ4v) is 5.05. The van der Waals surface area contributed by atoms with Crippen molar-refractivity contribution in [2.75, 3.05) is 13.2 Å². The Kier molecular flexibility index (Phi) is 4.46. The normalized spacial score (nSPS) is 14.0. The van der Waals surface area contributed by atoms with E-state index in [4.69, 9.17) is 0 Å². The molecule has 1 aliphatic carbocycles. The molecule has 2 heteroatoms. The molecule has 4 aromatic rings. The number of aliphatic hydroxyl groups is 2. The lowest BCUT2D eigenvalue weighted by atomic mass is 9.73. The number of fused-ring (bicyclic) bond motifs is 4. The van der Waals surface area contributed by atoms with Crippen molar-refractivity contribution in [2.45, 2.75) is 18.3 Å². The fraction of sp³-hybridized carbons (Fsp3) is 0.185. The molecule has 0 aromatic heterocycles. The van der Waals surface area contributed by atoms with E-state index in [9.17, 15) is 10.2 Å². The highest BCUT2D eigenvalue weighted by molar-refractivity contribution is 5.89. The van der Waals surface area contributed by atoms with E-state index in [2.05, 4.69) is 84.9 Å². The van der Waals surface area contributed by atoms with E-state index in [1.54, 1.807) is 0 Å². The van der Waals surface area contributed by atoms with Crippen molar-refractivity contribution < 1.29 is 10.2 Å².